The zero-order valence-electron chi connectivity index (χ0n) is 18.7. The largest absolute Gasteiger partial charge is 0.504 e. The standard InChI is InChI=1S/C24H25NO7S/c1-29-21-12-11-19(15-20(21)26)33(27,28)25-18-9-7-16(8-10-18)5-6-17-13-22(30-2)24(32-4)23(14-17)31-3/h5-15,25-26H,1-4H3. The zero-order valence-corrected chi connectivity index (χ0v) is 19.5. The van der Waals surface area contributed by atoms with Crippen LogP contribution in [0.1, 0.15) is 11.1 Å². The smallest absolute Gasteiger partial charge is 0.262 e. The van der Waals surface area contributed by atoms with Crippen LogP contribution in [0.25, 0.3) is 12.2 Å². The van der Waals surface area contributed by atoms with Crippen molar-refractivity contribution in [3.8, 4) is 28.7 Å². The molecule has 3 aromatic rings. The van der Waals surface area contributed by atoms with E-state index in [1.165, 1.54) is 19.2 Å². The first-order valence-electron chi connectivity index (χ1n) is 9.79. The molecule has 3 rings (SSSR count). The molecule has 2 N–H and O–H groups in total. The molecule has 0 saturated heterocycles. The summed E-state index contributed by atoms with van der Waals surface area (Å²) in [5, 5.41) is 9.86. The Kier molecular flexibility index (Phi) is 7.34. The van der Waals surface area contributed by atoms with Gasteiger partial charge in [-0.3, -0.25) is 4.72 Å². The molecule has 0 unspecified atom stereocenters. The monoisotopic (exact) mass is 471 g/mol. The van der Waals surface area contributed by atoms with Gasteiger partial charge in [0.15, 0.2) is 23.0 Å². The topological polar surface area (TPSA) is 103 Å². The predicted molar refractivity (Wildman–Crippen MR) is 127 cm³/mol. The molecule has 33 heavy (non-hydrogen) atoms. The van der Waals surface area contributed by atoms with Crippen LogP contribution >= 0.6 is 0 Å². The van der Waals surface area contributed by atoms with E-state index < -0.39 is 10.0 Å². The van der Waals surface area contributed by atoms with Gasteiger partial charge in [0, 0.05) is 11.8 Å². The summed E-state index contributed by atoms with van der Waals surface area (Å²) in [4.78, 5) is -0.0767. The lowest BCUT2D eigenvalue weighted by molar-refractivity contribution is 0.324. The van der Waals surface area contributed by atoms with E-state index in [9.17, 15) is 13.5 Å². The first kappa shape index (κ1) is 23.8. The lowest BCUT2D eigenvalue weighted by atomic mass is 10.1. The summed E-state index contributed by atoms with van der Waals surface area (Å²) in [6, 6.07) is 14.4. The number of hydrogen-bond acceptors (Lipinski definition) is 7. The number of sulfonamides is 1. The molecule has 9 heteroatoms. The van der Waals surface area contributed by atoms with Crippen LogP contribution in [0.3, 0.4) is 0 Å². The molecular formula is C24H25NO7S. The highest BCUT2D eigenvalue weighted by Gasteiger charge is 2.16. The van der Waals surface area contributed by atoms with Gasteiger partial charge in [-0.2, -0.15) is 0 Å². The normalized spacial score (nSPS) is 11.3. The molecule has 0 fully saturated rings. The Morgan fingerprint density at radius 3 is 1.82 bits per heavy atom. The SMILES string of the molecule is COc1ccc(S(=O)(=O)Nc2ccc(C=Cc3cc(OC)c(OC)c(OC)c3)cc2)cc1O. The van der Waals surface area contributed by atoms with E-state index in [-0.39, 0.29) is 16.4 Å². The lowest BCUT2D eigenvalue weighted by Gasteiger charge is -2.12. The number of phenolic OH excluding ortho intramolecular Hbond substituents is 1. The van der Waals surface area contributed by atoms with Crippen LogP contribution in [-0.4, -0.2) is 42.0 Å². The second-order valence-corrected chi connectivity index (χ2v) is 8.54. The van der Waals surface area contributed by atoms with Crippen molar-refractivity contribution in [2.45, 2.75) is 4.90 Å². The fraction of sp³-hybridized carbons (Fsp3) is 0.167. The van der Waals surface area contributed by atoms with E-state index >= 15 is 0 Å². The molecule has 0 aliphatic rings. The summed E-state index contributed by atoms with van der Waals surface area (Å²) < 4.78 is 48.7. The van der Waals surface area contributed by atoms with Gasteiger partial charge in [0.05, 0.1) is 33.3 Å². The van der Waals surface area contributed by atoms with Crippen LogP contribution in [0.15, 0.2) is 59.5 Å². The molecule has 0 aliphatic carbocycles. The van der Waals surface area contributed by atoms with Crippen molar-refractivity contribution in [2.75, 3.05) is 33.2 Å². The van der Waals surface area contributed by atoms with E-state index in [1.54, 1.807) is 45.6 Å². The molecule has 0 spiro atoms. The van der Waals surface area contributed by atoms with Crippen LogP contribution in [0.2, 0.25) is 0 Å². The van der Waals surface area contributed by atoms with Crippen LogP contribution < -0.4 is 23.7 Å². The Balaban J connectivity index is 1.77. The van der Waals surface area contributed by atoms with Gasteiger partial charge < -0.3 is 24.1 Å². The van der Waals surface area contributed by atoms with Gasteiger partial charge in [-0.05, 0) is 47.5 Å². The van der Waals surface area contributed by atoms with E-state index in [2.05, 4.69) is 4.72 Å². The van der Waals surface area contributed by atoms with Gasteiger partial charge in [0.25, 0.3) is 10.0 Å². The molecule has 174 valence electrons. The summed E-state index contributed by atoms with van der Waals surface area (Å²) in [7, 11) is 2.17. The first-order chi connectivity index (χ1) is 15.8. The number of nitrogens with one attached hydrogen (secondary N) is 1. The second-order valence-electron chi connectivity index (χ2n) is 6.85. The summed E-state index contributed by atoms with van der Waals surface area (Å²) in [6.07, 6.45) is 3.75. The summed E-state index contributed by atoms with van der Waals surface area (Å²) in [5.41, 5.74) is 2.08. The third-order valence-electron chi connectivity index (χ3n) is 4.78. The van der Waals surface area contributed by atoms with Crippen molar-refractivity contribution in [1.82, 2.24) is 0 Å². The van der Waals surface area contributed by atoms with E-state index in [1.807, 2.05) is 24.3 Å². The first-order valence-corrected chi connectivity index (χ1v) is 11.3. The average molecular weight is 472 g/mol. The number of phenols is 1. The van der Waals surface area contributed by atoms with Gasteiger partial charge in [-0.25, -0.2) is 8.42 Å². The van der Waals surface area contributed by atoms with Crippen molar-refractivity contribution < 1.29 is 32.5 Å². The second kappa shape index (κ2) is 10.2. The molecule has 8 nitrogen and oxygen atoms in total. The fourth-order valence-electron chi connectivity index (χ4n) is 3.10. The maximum Gasteiger partial charge on any atom is 0.262 e. The minimum absolute atomic E-state index is 0.0767. The number of hydrogen-bond donors (Lipinski definition) is 2. The van der Waals surface area contributed by atoms with Gasteiger partial charge in [-0.15, -0.1) is 0 Å². The number of benzene rings is 3. The maximum absolute atomic E-state index is 12.6. The Bertz CT molecular complexity index is 1230. The number of rotatable bonds is 9. The quantitative estimate of drug-likeness (QED) is 0.446. The van der Waals surface area contributed by atoms with Crippen LogP contribution in [0, 0.1) is 0 Å². The van der Waals surface area contributed by atoms with Crippen molar-refractivity contribution in [1.29, 1.82) is 0 Å². The molecule has 0 radical (unpaired) electrons. The van der Waals surface area contributed by atoms with Crippen molar-refractivity contribution in [3.63, 3.8) is 0 Å². The Hall–Kier alpha value is -3.85. The molecule has 0 bridgehead atoms. The molecule has 0 heterocycles. The zero-order chi connectivity index (χ0) is 24.0. The van der Waals surface area contributed by atoms with Crippen molar-refractivity contribution in [2.24, 2.45) is 0 Å². The Morgan fingerprint density at radius 2 is 1.30 bits per heavy atom. The van der Waals surface area contributed by atoms with E-state index in [0.717, 1.165) is 17.2 Å². The van der Waals surface area contributed by atoms with E-state index in [0.29, 0.717) is 22.9 Å². The van der Waals surface area contributed by atoms with Gasteiger partial charge in [-0.1, -0.05) is 24.3 Å². The molecular weight excluding hydrogens is 446 g/mol. The van der Waals surface area contributed by atoms with Crippen molar-refractivity contribution >= 4 is 27.9 Å². The van der Waals surface area contributed by atoms with Gasteiger partial charge >= 0.3 is 0 Å². The average Bonchev–Trinajstić information content (AvgIpc) is 2.82. The third-order valence-corrected chi connectivity index (χ3v) is 6.16. The Morgan fingerprint density at radius 1 is 0.727 bits per heavy atom. The lowest BCUT2D eigenvalue weighted by Crippen LogP contribution is -2.12. The molecule has 0 aromatic heterocycles. The number of anilines is 1. The summed E-state index contributed by atoms with van der Waals surface area (Å²) in [6.45, 7) is 0. The number of ether oxygens (including phenoxy) is 4. The highest BCUT2D eigenvalue weighted by Crippen LogP contribution is 2.38. The van der Waals surface area contributed by atoms with Crippen LogP contribution in [0.4, 0.5) is 5.69 Å². The summed E-state index contributed by atoms with van der Waals surface area (Å²) in [5.74, 6) is 1.54. The van der Waals surface area contributed by atoms with Crippen LogP contribution in [-0.2, 0) is 10.0 Å². The predicted octanol–water partition coefficient (Wildman–Crippen LogP) is 4.40. The highest BCUT2D eigenvalue weighted by atomic mass is 32.2. The molecule has 0 aliphatic heterocycles. The molecule has 0 saturated carbocycles. The molecule has 0 atom stereocenters. The Labute approximate surface area is 193 Å². The molecule has 3 aromatic carbocycles. The van der Waals surface area contributed by atoms with Gasteiger partial charge in [0.2, 0.25) is 5.75 Å². The van der Waals surface area contributed by atoms with E-state index in [4.69, 9.17) is 18.9 Å². The van der Waals surface area contributed by atoms with Gasteiger partial charge in [0.1, 0.15) is 0 Å². The minimum atomic E-state index is -3.87. The highest BCUT2D eigenvalue weighted by molar-refractivity contribution is 7.92. The third kappa shape index (κ3) is 5.50. The maximum atomic E-state index is 12.6. The fourth-order valence-corrected chi connectivity index (χ4v) is 4.18. The van der Waals surface area contributed by atoms with Crippen LogP contribution in [0.5, 0.6) is 28.7 Å². The summed E-state index contributed by atoms with van der Waals surface area (Å²) >= 11 is 0. The number of aromatic hydroxyl groups is 1. The van der Waals surface area contributed by atoms with Crippen molar-refractivity contribution in [3.05, 3.63) is 65.7 Å². The molecule has 0 amide bonds. The number of methoxy groups -OCH3 is 4. The minimum Gasteiger partial charge on any atom is -0.504 e.